The first-order valence-electron chi connectivity index (χ1n) is 10.8. The molecule has 31 heavy (non-hydrogen) atoms. The Kier molecular flexibility index (Phi) is 7.83. The Morgan fingerprint density at radius 3 is 2.94 bits per heavy atom. The number of likely N-dealkylation sites (tertiary alicyclic amines) is 1. The lowest BCUT2D eigenvalue weighted by atomic mass is 10.0. The third-order valence-electron chi connectivity index (χ3n) is 5.61. The minimum atomic E-state index is -0.120. The molecule has 3 rings (SSSR count). The Balaban J connectivity index is 1.84. The Hall–Kier alpha value is -3.13. The van der Waals surface area contributed by atoms with E-state index in [9.17, 15) is 9.59 Å². The van der Waals surface area contributed by atoms with Crippen LogP contribution < -0.4 is 21.1 Å². The lowest BCUT2D eigenvalue weighted by molar-refractivity contribution is -0.127. The zero-order valence-corrected chi connectivity index (χ0v) is 18.5. The molecule has 1 atom stereocenters. The molecule has 1 aliphatic heterocycles. The molecule has 1 aliphatic rings. The molecule has 8 nitrogen and oxygen atoms in total. The van der Waals surface area contributed by atoms with Gasteiger partial charge in [-0.25, -0.2) is 4.98 Å². The summed E-state index contributed by atoms with van der Waals surface area (Å²) >= 11 is 0. The molecule has 0 aliphatic carbocycles. The van der Waals surface area contributed by atoms with Gasteiger partial charge < -0.3 is 25.4 Å². The summed E-state index contributed by atoms with van der Waals surface area (Å²) in [6.07, 6.45) is 8.81. The standard InChI is InChI=1S/C23H32N6O2/c1-4-29(19-7-6-12-28(16-19)22(30)8-5-10-24-2)20-13-18(15-27-23(20)31)17-9-11-26-21(14-17)25-3/h5,8-9,11,13-15,19,24H,4,6-7,10,12,16H2,1-3H3,(H,25,26)(H,27,31)/t19-/m0/s1. The summed E-state index contributed by atoms with van der Waals surface area (Å²) in [6.45, 7) is 4.76. The monoisotopic (exact) mass is 424 g/mol. The van der Waals surface area contributed by atoms with Crippen molar-refractivity contribution in [3.05, 3.63) is 53.1 Å². The highest BCUT2D eigenvalue weighted by molar-refractivity contribution is 5.87. The zero-order chi connectivity index (χ0) is 22.2. The molecule has 2 aromatic rings. The van der Waals surface area contributed by atoms with Gasteiger partial charge >= 0.3 is 0 Å². The quantitative estimate of drug-likeness (QED) is 0.562. The van der Waals surface area contributed by atoms with Crippen LogP contribution in [0.1, 0.15) is 19.8 Å². The predicted octanol–water partition coefficient (Wildman–Crippen LogP) is 2.07. The first-order valence-corrected chi connectivity index (χ1v) is 10.8. The van der Waals surface area contributed by atoms with Gasteiger partial charge in [-0.1, -0.05) is 6.08 Å². The fourth-order valence-electron chi connectivity index (χ4n) is 4.02. The average Bonchev–Trinajstić information content (AvgIpc) is 2.81. The normalized spacial score (nSPS) is 16.5. The van der Waals surface area contributed by atoms with Crippen LogP contribution in [0, 0.1) is 0 Å². The molecule has 0 bridgehead atoms. The van der Waals surface area contributed by atoms with E-state index in [0.717, 1.165) is 36.3 Å². The number of pyridine rings is 2. The minimum Gasteiger partial charge on any atom is -0.373 e. The molecule has 3 N–H and O–H groups in total. The van der Waals surface area contributed by atoms with Crippen molar-refractivity contribution in [3.8, 4) is 11.1 Å². The number of carbonyl (C=O) groups is 1. The number of nitrogens with zero attached hydrogens (tertiary/aromatic N) is 3. The molecule has 3 heterocycles. The fourth-order valence-corrected chi connectivity index (χ4v) is 4.02. The Labute approximate surface area is 183 Å². The van der Waals surface area contributed by atoms with Crippen LogP contribution in [0.3, 0.4) is 0 Å². The van der Waals surface area contributed by atoms with Crippen molar-refractivity contribution in [2.24, 2.45) is 0 Å². The SMILES string of the molecule is CCN(c1cc(-c2ccnc(NC)c2)c[nH]c1=O)[C@H]1CCCN(C(=O)C=CCNC)C1. The third kappa shape index (κ3) is 5.52. The maximum atomic E-state index is 12.7. The maximum Gasteiger partial charge on any atom is 0.271 e. The number of hydrogen-bond donors (Lipinski definition) is 3. The van der Waals surface area contributed by atoms with Crippen LogP contribution >= 0.6 is 0 Å². The van der Waals surface area contributed by atoms with E-state index in [1.165, 1.54) is 0 Å². The van der Waals surface area contributed by atoms with E-state index in [1.54, 1.807) is 18.5 Å². The second kappa shape index (κ2) is 10.8. The molecular formula is C23H32N6O2. The smallest absolute Gasteiger partial charge is 0.271 e. The largest absolute Gasteiger partial charge is 0.373 e. The van der Waals surface area contributed by atoms with Crippen LogP contribution in [-0.4, -0.2) is 67.1 Å². The van der Waals surface area contributed by atoms with Crippen molar-refractivity contribution >= 4 is 17.4 Å². The van der Waals surface area contributed by atoms with Crippen LogP contribution in [0.25, 0.3) is 11.1 Å². The molecule has 0 spiro atoms. The van der Waals surface area contributed by atoms with E-state index in [2.05, 4.69) is 25.5 Å². The zero-order valence-electron chi connectivity index (χ0n) is 18.5. The highest BCUT2D eigenvalue weighted by Crippen LogP contribution is 2.26. The second-order valence-corrected chi connectivity index (χ2v) is 7.61. The van der Waals surface area contributed by atoms with Gasteiger partial charge in [-0.15, -0.1) is 0 Å². The number of H-pyrrole nitrogens is 1. The number of piperidine rings is 1. The first-order chi connectivity index (χ1) is 15.1. The van der Waals surface area contributed by atoms with Crippen molar-refractivity contribution in [3.63, 3.8) is 0 Å². The van der Waals surface area contributed by atoms with Gasteiger partial charge in [0, 0.05) is 63.3 Å². The molecule has 8 heteroatoms. The van der Waals surface area contributed by atoms with Crippen molar-refractivity contribution < 1.29 is 4.79 Å². The van der Waals surface area contributed by atoms with E-state index in [1.807, 2.05) is 50.2 Å². The van der Waals surface area contributed by atoms with Gasteiger partial charge in [0.25, 0.3) is 5.56 Å². The number of anilines is 2. The lowest BCUT2D eigenvalue weighted by Gasteiger charge is -2.39. The highest BCUT2D eigenvalue weighted by atomic mass is 16.2. The number of amides is 1. The number of aromatic amines is 1. The molecule has 0 saturated carbocycles. The van der Waals surface area contributed by atoms with Gasteiger partial charge in [0.15, 0.2) is 0 Å². The second-order valence-electron chi connectivity index (χ2n) is 7.61. The van der Waals surface area contributed by atoms with Crippen LogP contribution in [0.5, 0.6) is 0 Å². The van der Waals surface area contributed by atoms with Crippen molar-refractivity contribution in [2.45, 2.75) is 25.8 Å². The first kappa shape index (κ1) is 22.6. The molecule has 1 saturated heterocycles. The molecule has 1 amide bonds. The van der Waals surface area contributed by atoms with Gasteiger partial charge in [-0.3, -0.25) is 9.59 Å². The van der Waals surface area contributed by atoms with E-state index >= 15 is 0 Å². The Bertz CT molecular complexity index is 971. The average molecular weight is 425 g/mol. The van der Waals surface area contributed by atoms with Crippen molar-refractivity contribution in [2.75, 3.05) is 50.5 Å². The molecule has 0 aromatic carbocycles. The topological polar surface area (TPSA) is 93.4 Å². The minimum absolute atomic E-state index is 0.0232. The van der Waals surface area contributed by atoms with E-state index < -0.39 is 0 Å². The van der Waals surface area contributed by atoms with Crippen LogP contribution in [0.4, 0.5) is 11.5 Å². The van der Waals surface area contributed by atoms with Gasteiger partial charge in [0.05, 0.1) is 0 Å². The fraction of sp³-hybridized carbons (Fsp3) is 0.435. The van der Waals surface area contributed by atoms with E-state index in [0.29, 0.717) is 25.3 Å². The maximum absolute atomic E-state index is 12.7. The van der Waals surface area contributed by atoms with Crippen LogP contribution in [0.2, 0.25) is 0 Å². The molecule has 0 radical (unpaired) electrons. The summed E-state index contributed by atoms with van der Waals surface area (Å²) in [7, 11) is 3.68. The Morgan fingerprint density at radius 2 is 2.19 bits per heavy atom. The van der Waals surface area contributed by atoms with E-state index in [-0.39, 0.29) is 17.5 Å². The number of hydrogen-bond acceptors (Lipinski definition) is 6. The number of aromatic nitrogens is 2. The molecule has 1 fully saturated rings. The number of carbonyl (C=O) groups excluding carboxylic acids is 1. The van der Waals surface area contributed by atoms with E-state index in [4.69, 9.17) is 0 Å². The molecule has 2 aromatic heterocycles. The Morgan fingerprint density at radius 1 is 1.35 bits per heavy atom. The predicted molar refractivity (Wildman–Crippen MR) is 126 cm³/mol. The summed E-state index contributed by atoms with van der Waals surface area (Å²) in [6, 6.07) is 5.91. The number of likely N-dealkylation sites (N-methyl/N-ethyl adjacent to an activating group) is 2. The van der Waals surface area contributed by atoms with Gasteiger partial charge in [-0.05, 0) is 50.6 Å². The van der Waals surface area contributed by atoms with Crippen LogP contribution in [-0.2, 0) is 4.79 Å². The third-order valence-corrected chi connectivity index (χ3v) is 5.61. The summed E-state index contributed by atoms with van der Waals surface area (Å²) in [5.41, 5.74) is 2.41. The molecule has 166 valence electrons. The van der Waals surface area contributed by atoms with Gasteiger partial charge in [-0.2, -0.15) is 0 Å². The van der Waals surface area contributed by atoms with Gasteiger partial charge in [0.2, 0.25) is 5.91 Å². The number of nitrogens with one attached hydrogen (secondary N) is 3. The summed E-state index contributed by atoms with van der Waals surface area (Å²) in [5, 5.41) is 6.05. The van der Waals surface area contributed by atoms with Crippen LogP contribution in [0.15, 0.2) is 47.5 Å². The van der Waals surface area contributed by atoms with Gasteiger partial charge in [0.1, 0.15) is 11.5 Å². The van der Waals surface area contributed by atoms with Crippen molar-refractivity contribution in [1.82, 2.24) is 20.2 Å². The number of rotatable bonds is 8. The van der Waals surface area contributed by atoms with Crippen molar-refractivity contribution in [1.29, 1.82) is 0 Å². The molecule has 0 unspecified atom stereocenters. The summed E-state index contributed by atoms with van der Waals surface area (Å²) in [4.78, 5) is 36.4. The molecular weight excluding hydrogens is 392 g/mol. The summed E-state index contributed by atoms with van der Waals surface area (Å²) in [5.74, 6) is 0.792. The highest BCUT2D eigenvalue weighted by Gasteiger charge is 2.28. The lowest BCUT2D eigenvalue weighted by Crippen LogP contribution is -2.50. The summed E-state index contributed by atoms with van der Waals surface area (Å²) < 4.78 is 0.